The number of ether oxygens (including phenoxy) is 1. The lowest BCUT2D eigenvalue weighted by Crippen LogP contribution is -2.53. The highest BCUT2D eigenvalue weighted by Crippen LogP contribution is 2.32. The van der Waals surface area contributed by atoms with E-state index in [1.54, 1.807) is 0 Å². The molecule has 0 bridgehead atoms. The third-order valence-electron chi connectivity index (χ3n) is 4.41. The molecule has 0 radical (unpaired) electrons. The van der Waals surface area contributed by atoms with E-state index in [1.165, 1.54) is 12.8 Å². The summed E-state index contributed by atoms with van der Waals surface area (Å²) in [6.45, 7) is 8.22. The molecule has 23 heavy (non-hydrogen) atoms. The van der Waals surface area contributed by atoms with Crippen molar-refractivity contribution < 1.29 is 9.53 Å². The number of hydrogen-bond donors (Lipinski definition) is 1. The van der Waals surface area contributed by atoms with Gasteiger partial charge in [0.2, 0.25) is 5.91 Å². The second kappa shape index (κ2) is 6.62. The largest absolute Gasteiger partial charge is 0.369 e. The van der Waals surface area contributed by atoms with Crippen molar-refractivity contribution in [1.29, 1.82) is 0 Å². The van der Waals surface area contributed by atoms with E-state index in [2.05, 4.69) is 38.2 Å². The summed E-state index contributed by atoms with van der Waals surface area (Å²) in [7, 11) is 0. The Morgan fingerprint density at radius 1 is 1.22 bits per heavy atom. The molecule has 3 rings (SSSR count). The van der Waals surface area contributed by atoms with Crippen LogP contribution in [0.2, 0.25) is 0 Å². The quantitative estimate of drug-likeness (QED) is 0.929. The summed E-state index contributed by atoms with van der Waals surface area (Å²) >= 11 is 0. The maximum absolute atomic E-state index is 12.9. The number of rotatable bonds is 4. The Kier molecular flexibility index (Phi) is 4.74. The van der Waals surface area contributed by atoms with E-state index in [9.17, 15) is 4.79 Å². The van der Waals surface area contributed by atoms with Crippen molar-refractivity contribution in [3.05, 3.63) is 35.9 Å². The number of carbonyl (C=O) groups is 1. The lowest BCUT2D eigenvalue weighted by molar-refractivity contribution is -0.133. The second-order valence-corrected chi connectivity index (χ2v) is 7.87. The van der Waals surface area contributed by atoms with E-state index in [0.717, 1.165) is 12.1 Å². The van der Waals surface area contributed by atoms with Gasteiger partial charge in [-0.2, -0.15) is 0 Å². The first kappa shape index (κ1) is 16.5. The average molecular weight is 316 g/mol. The van der Waals surface area contributed by atoms with Gasteiger partial charge in [-0.3, -0.25) is 10.1 Å². The number of carbonyl (C=O) groups excluding carboxylic acids is 1. The zero-order chi connectivity index (χ0) is 16.4. The molecule has 2 fully saturated rings. The minimum absolute atomic E-state index is 0.0364. The van der Waals surface area contributed by atoms with Crippen LogP contribution in [-0.2, 0) is 9.53 Å². The van der Waals surface area contributed by atoms with Crippen LogP contribution in [-0.4, -0.2) is 42.1 Å². The summed E-state index contributed by atoms with van der Waals surface area (Å²) in [6.07, 6.45) is 2.46. The molecule has 2 atom stereocenters. The molecule has 1 aliphatic carbocycles. The Bertz CT molecular complexity index is 534. The van der Waals surface area contributed by atoms with Crippen molar-refractivity contribution >= 4 is 5.91 Å². The van der Waals surface area contributed by atoms with E-state index in [0.29, 0.717) is 19.1 Å². The maximum atomic E-state index is 12.9. The molecule has 1 aromatic rings. The van der Waals surface area contributed by atoms with Crippen molar-refractivity contribution in [2.24, 2.45) is 5.92 Å². The molecule has 1 N–H and O–H groups in total. The summed E-state index contributed by atoms with van der Waals surface area (Å²) in [5.74, 6) is 0.869. The van der Waals surface area contributed by atoms with Crippen LogP contribution in [0.4, 0.5) is 0 Å². The summed E-state index contributed by atoms with van der Waals surface area (Å²) in [5, 5.41) is 3.43. The van der Waals surface area contributed by atoms with Gasteiger partial charge in [-0.05, 0) is 45.1 Å². The monoisotopic (exact) mass is 316 g/mol. The van der Waals surface area contributed by atoms with Crippen molar-refractivity contribution in [2.45, 2.75) is 51.3 Å². The summed E-state index contributed by atoms with van der Waals surface area (Å²) in [6, 6.07) is 9.98. The Balaban J connectivity index is 1.78. The first-order valence-corrected chi connectivity index (χ1v) is 8.65. The van der Waals surface area contributed by atoms with Crippen LogP contribution in [0.5, 0.6) is 0 Å². The number of benzene rings is 1. The highest BCUT2D eigenvalue weighted by Gasteiger charge is 2.36. The topological polar surface area (TPSA) is 41.6 Å². The summed E-state index contributed by atoms with van der Waals surface area (Å²) < 4.78 is 6.13. The molecule has 1 saturated carbocycles. The van der Waals surface area contributed by atoms with Gasteiger partial charge in [0.25, 0.3) is 0 Å². The number of nitrogens with one attached hydrogen (secondary N) is 1. The average Bonchev–Trinajstić information content (AvgIpc) is 3.32. The Labute approximate surface area is 139 Å². The first-order valence-electron chi connectivity index (χ1n) is 8.65. The number of amides is 1. The standard InChI is InChI=1S/C19H28N2O2/c1-19(2,3)20-16-13-23-17(15-7-5-4-6-8-15)12-21(18(16)22)11-14-9-10-14/h4-8,14,16-17,20H,9-13H2,1-3H3/t16-,17+/m0/s1. The molecule has 1 saturated heterocycles. The predicted molar refractivity (Wildman–Crippen MR) is 91.1 cm³/mol. The number of nitrogens with zero attached hydrogens (tertiary/aromatic N) is 1. The van der Waals surface area contributed by atoms with E-state index < -0.39 is 0 Å². The Morgan fingerprint density at radius 2 is 1.91 bits per heavy atom. The van der Waals surface area contributed by atoms with Crippen LogP contribution < -0.4 is 5.32 Å². The van der Waals surface area contributed by atoms with Gasteiger partial charge in [0.1, 0.15) is 12.1 Å². The second-order valence-electron chi connectivity index (χ2n) is 7.87. The molecule has 4 nitrogen and oxygen atoms in total. The van der Waals surface area contributed by atoms with Gasteiger partial charge >= 0.3 is 0 Å². The van der Waals surface area contributed by atoms with Gasteiger partial charge in [0, 0.05) is 12.1 Å². The fourth-order valence-electron chi connectivity index (χ4n) is 3.12. The SMILES string of the molecule is CC(C)(C)N[C@H]1CO[C@@H](c2ccccc2)CN(CC2CC2)C1=O. The summed E-state index contributed by atoms with van der Waals surface area (Å²) in [4.78, 5) is 15.0. The molecule has 1 heterocycles. The van der Waals surface area contributed by atoms with Crippen molar-refractivity contribution in [2.75, 3.05) is 19.7 Å². The van der Waals surface area contributed by atoms with Gasteiger partial charge in [-0.1, -0.05) is 30.3 Å². The van der Waals surface area contributed by atoms with Crippen molar-refractivity contribution in [3.63, 3.8) is 0 Å². The molecular weight excluding hydrogens is 288 g/mol. The normalized spacial score (nSPS) is 26.2. The third kappa shape index (κ3) is 4.55. The molecule has 1 aromatic carbocycles. The highest BCUT2D eigenvalue weighted by molar-refractivity contribution is 5.82. The van der Waals surface area contributed by atoms with Gasteiger partial charge in [-0.15, -0.1) is 0 Å². The highest BCUT2D eigenvalue weighted by atomic mass is 16.5. The van der Waals surface area contributed by atoms with Gasteiger partial charge in [-0.25, -0.2) is 0 Å². The fraction of sp³-hybridized carbons (Fsp3) is 0.632. The molecule has 1 amide bonds. The lowest BCUT2D eigenvalue weighted by atomic mass is 10.1. The van der Waals surface area contributed by atoms with Crippen LogP contribution in [0.1, 0.15) is 45.3 Å². The molecule has 0 spiro atoms. The minimum atomic E-state index is -0.262. The first-order chi connectivity index (χ1) is 10.9. The fourth-order valence-corrected chi connectivity index (χ4v) is 3.12. The van der Waals surface area contributed by atoms with Gasteiger partial charge in [0.05, 0.1) is 13.2 Å². The van der Waals surface area contributed by atoms with E-state index in [4.69, 9.17) is 4.74 Å². The van der Waals surface area contributed by atoms with Crippen LogP contribution in [0.3, 0.4) is 0 Å². The van der Waals surface area contributed by atoms with Gasteiger partial charge in [0.15, 0.2) is 0 Å². The molecule has 2 aliphatic rings. The molecule has 126 valence electrons. The van der Waals surface area contributed by atoms with Crippen LogP contribution in [0, 0.1) is 5.92 Å². The Hall–Kier alpha value is -1.39. The molecular formula is C19H28N2O2. The van der Waals surface area contributed by atoms with E-state index in [1.807, 2.05) is 23.1 Å². The minimum Gasteiger partial charge on any atom is -0.369 e. The number of hydrogen-bond acceptors (Lipinski definition) is 3. The van der Waals surface area contributed by atoms with Crippen molar-refractivity contribution in [1.82, 2.24) is 10.2 Å². The zero-order valence-corrected chi connectivity index (χ0v) is 14.4. The molecule has 0 unspecified atom stereocenters. The van der Waals surface area contributed by atoms with Crippen LogP contribution >= 0.6 is 0 Å². The van der Waals surface area contributed by atoms with Crippen molar-refractivity contribution in [3.8, 4) is 0 Å². The van der Waals surface area contributed by atoms with Gasteiger partial charge < -0.3 is 9.64 Å². The van der Waals surface area contributed by atoms with Crippen LogP contribution in [0.15, 0.2) is 30.3 Å². The van der Waals surface area contributed by atoms with E-state index >= 15 is 0 Å². The smallest absolute Gasteiger partial charge is 0.242 e. The Morgan fingerprint density at radius 3 is 2.52 bits per heavy atom. The lowest BCUT2D eigenvalue weighted by Gasteiger charge is -2.29. The predicted octanol–water partition coefficient (Wildman–Crippen LogP) is 2.75. The zero-order valence-electron chi connectivity index (χ0n) is 14.4. The summed E-state index contributed by atoms with van der Waals surface area (Å²) in [5.41, 5.74) is 1.04. The van der Waals surface area contributed by atoms with Crippen LogP contribution in [0.25, 0.3) is 0 Å². The molecule has 4 heteroatoms. The molecule has 0 aromatic heterocycles. The third-order valence-corrected chi connectivity index (χ3v) is 4.41. The molecule has 1 aliphatic heterocycles. The maximum Gasteiger partial charge on any atom is 0.242 e. The van der Waals surface area contributed by atoms with E-state index in [-0.39, 0.29) is 23.6 Å².